The molecule has 0 unspecified atom stereocenters. The first kappa shape index (κ1) is 20.2. The summed E-state index contributed by atoms with van der Waals surface area (Å²) >= 11 is 0. The lowest BCUT2D eigenvalue weighted by Gasteiger charge is -2.14. The van der Waals surface area contributed by atoms with Crippen LogP contribution < -0.4 is 5.32 Å². The van der Waals surface area contributed by atoms with Crippen molar-refractivity contribution >= 4 is 17.8 Å². The summed E-state index contributed by atoms with van der Waals surface area (Å²) in [5.74, 6) is -1.61. The number of aryl methyl sites for hydroxylation is 1. The maximum Gasteiger partial charge on any atom is 0.355 e. The topological polar surface area (TPSA) is 97.5 Å². The number of hydrogen-bond acceptors (Lipinski definition) is 5. The summed E-state index contributed by atoms with van der Waals surface area (Å²) in [5.41, 5.74) is 2.33. The lowest BCUT2D eigenvalue weighted by atomic mass is 10.1. The Morgan fingerprint density at radius 2 is 1.74 bits per heavy atom. The number of carbonyl (C=O) groups excluding carboxylic acids is 3. The van der Waals surface area contributed by atoms with Crippen LogP contribution in [0.3, 0.4) is 0 Å². The summed E-state index contributed by atoms with van der Waals surface area (Å²) in [6.45, 7) is 6.66. The number of nitrogens with one attached hydrogen (secondary N) is 2. The molecule has 0 radical (unpaired) electrons. The van der Waals surface area contributed by atoms with Crippen LogP contribution in [0.4, 0.5) is 0 Å². The molecule has 0 aliphatic rings. The third-order valence-electron chi connectivity index (χ3n) is 4.13. The van der Waals surface area contributed by atoms with Gasteiger partial charge in [-0.2, -0.15) is 0 Å². The van der Waals surface area contributed by atoms with E-state index < -0.39 is 24.5 Å². The Morgan fingerprint density at radius 1 is 1.07 bits per heavy atom. The summed E-state index contributed by atoms with van der Waals surface area (Å²) in [4.78, 5) is 39.2. The zero-order chi connectivity index (χ0) is 20.0. The molecule has 0 aliphatic carbocycles. The van der Waals surface area contributed by atoms with E-state index in [2.05, 4.69) is 10.3 Å². The molecule has 2 aromatic rings. The Balaban J connectivity index is 1.97. The van der Waals surface area contributed by atoms with Crippen molar-refractivity contribution in [2.45, 2.75) is 33.7 Å². The van der Waals surface area contributed by atoms with Gasteiger partial charge in [-0.1, -0.05) is 30.3 Å². The average Bonchev–Trinajstić information content (AvgIpc) is 2.95. The van der Waals surface area contributed by atoms with Gasteiger partial charge in [0.25, 0.3) is 5.91 Å². The Kier molecular flexibility index (Phi) is 6.76. The minimum atomic E-state index is -0.667. The number of amides is 1. The van der Waals surface area contributed by atoms with Crippen LogP contribution in [0.2, 0.25) is 0 Å². The molecule has 0 spiro atoms. The van der Waals surface area contributed by atoms with Crippen LogP contribution >= 0.6 is 0 Å². The largest absolute Gasteiger partial charge is 0.461 e. The Labute approximate surface area is 158 Å². The normalized spacial score (nSPS) is 11.6. The Bertz CT molecular complexity index is 826. The van der Waals surface area contributed by atoms with Crippen LogP contribution in [-0.4, -0.2) is 36.0 Å². The first-order valence-electron chi connectivity index (χ1n) is 8.72. The number of carbonyl (C=O) groups is 3. The summed E-state index contributed by atoms with van der Waals surface area (Å²) in [5, 5.41) is 2.77. The van der Waals surface area contributed by atoms with Gasteiger partial charge in [-0.25, -0.2) is 9.59 Å². The maximum absolute atomic E-state index is 12.4. The minimum Gasteiger partial charge on any atom is -0.461 e. The van der Waals surface area contributed by atoms with Crippen molar-refractivity contribution in [3.8, 4) is 0 Å². The van der Waals surface area contributed by atoms with E-state index in [0.29, 0.717) is 11.3 Å². The van der Waals surface area contributed by atoms with Crippen molar-refractivity contribution in [2.24, 2.45) is 0 Å². The number of benzene rings is 1. The van der Waals surface area contributed by atoms with E-state index in [0.717, 1.165) is 5.56 Å². The molecule has 1 amide bonds. The lowest BCUT2D eigenvalue weighted by Crippen LogP contribution is -2.31. The van der Waals surface area contributed by atoms with Gasteiger partial charge in [-0.3, -0.25) is 4.79 Å². The molecule has 7 nitrogen and oxygen atoms in total. The lowest BCUT2D eigenvalue weighted by molar-refractivity contribution is -0.124. The second kappa shape index (κ2) is 9.02. The van der Waals surface area contributed by atoms with Gasteiger partial charge in [0.1, 0.15) is 5.69 Å². The summed E-state index contributed by atoms with van der Waals surface area (Å²) in [7, 11) is 0. The van der Waals surface area contributed by atoms with Crippen LogP contribution in [0.1, 0.15) is 57.6 Å². The maximum atomic E-state index is 12.4. The van der Waals surface area contributed by atoms with E-state index in [9.17, 15) is 14.4 Å². The highest BCUT2D eigenvalue weighted by Crippen LogP contribution is 2.20. The quantitative estimate of drug-likeness (QED) is 0.729. The van der Waals surface area contributed by atoms with Crippen LogP contribution in [0.15, 0.2) is 30.3 Å². The summed E-state index contributed by atoms with van der Waals surface area (Å²) in [6, 6.07) is 9.27. The van der Waals surface area contributed by atoms with E-state index >= 15 is 0 Å². The minimum absolute atomic E-state index is 0.205. The zero-order valence-electron chi connectivity index (χ0n) is 15.9. The number of aromatic nitrogens is 1. The van der Waals surface area contributed by atoms with Crippen LogP contribution in [-0.2, 0) is 14.3 Å². The van der Waals surface area contributed by atoms with Crippen molar-refractivity contribution in [1.82, 2.24) is 10.3 Å². The van der Waals surface area contributed by atoms with Gasteiger partial charge in [0, 0.05) is 5.69 Å². The van der Waals surface area contributed by atoms with Gasteiger partial charge in [-0.05, 0) is 38.8 Å². The number of ether oxygens (including phenoxy) is 2. The predicted octanol–water partition coefficient (Wildman–Crippen LogP) is 2.84. The number of rotatable bonds is 7. The third kappa shape index (κ3) is 4.97. The number of aromatic amines is 1. The first-order valence-corrected chi connectivity index (χ1v) is 8.72. The molecule has 0 saturated carbocycles. The van der Waals surface area contributed by atoms with E-state index in [-0.39, 0.29) is 23.9 Å². The van der Waals surface area contributed by atoms with Crippen molar-refractivity contribution in [3.05, 3.63) is 58.4 Å². The Morgan fingerprint density at radius 3 is 2.37 bits per heavy atom. The van der Waals surface area contributed by atoms with Crippen molar-refractivity contribution in [1.29, 1.82) is 0 Å². The first-order chi connectivity index (χ1) is 12.8. The number of H-pyrrole nitrogens is 1. The zero-order valence-corrected chi connectivity index (χ0v) is 15.9. The van der Waals surface area contributed by atoms with Crippen molar-refractivity contribution in [2.75, 3.05) is 13.2 Å². The fourth-order valence-corrected chi connectivity index (χ4v) is 2.78. The molecule has 2 rings (SSSR count). The van der Waals surface area contributed by atoms with Gasteiger partial charge in [0.2, 0.25) is 0 Å². The van der Waals surface area contributed by atoms with Gasteiger partial charge < -0.3 is 19.8 Å². The fraction of sp³-hybridized carbons (Fsp3) is 0.350. The highest BCUT2D eigenvalue weighted by molar-refractivity contribution is 5.99. The molecule has 1 atom stereocenters. The third-order valence-corrected chi connectivity index (χ3v) is 4.13. The standard InChI is InChI=1S/C20H24N2O5/c1-5-26-20(25)18-12(2)17(14(4)22-18)19(24)27-11-16(23)21-13(3)15-9-7-6-8-10-15/h6-10,13,22H,5,11H2,1-4H3,(H,21,23)/t13-/m0/s1. The average molecular weight is 372 g/mol. The van der Waals surface area contributed by atoms with Crippen molar-refractivity contribution < 1.29 is 23.9 Å². The van der Waals surface area contributed by atoms with E-state index in [4.69, 9.17) is 9.47 Å². The summed E-state index contributed by atoms with van der Waals surface area (Å²) in [6.07, 6.45) is 0. The van der Waals surface area contributed by atoms with Gasteiger partial charge in [0.15, 0.2) is 6.61 Å². The highest BCUT2D eigenvalue weighted by Gasteiger charge is 2.24. The molecular weight excluding hydrogens is 348 g/mol. The monoisotopic (exact) mass is 372 g/mol. The molecule has 144 valence electrons. The van der Waals surface area contributed by atoms with E-state index in [1.165, 1.54) is 0 Å². The molecule has 0 aliphatic heterocycles. The van der Waals surface area contributed by atoms with Crippen LogP contribution in [0.25, 0.3) is 0 Å². The molecular formula is C20H24N2O5. The van der Waals surface area contributed by atoms with Crippen LogP contribution in [0, 0.1) is 13.8 Å². The second-order valence-corrected chi connectivity index (χ2v) is 6.12. The molecule has 0 fully saturated rings. The molecule has 1 aromatic carbocycles. The number of hydrogen-bond donors (Lipinski definition) is 2. The molecule has 1 aromatic heterocycles. The van der Waals surface area contributed by atoms with E-state index in [1.807, 2.05) is 37.3 Å². The molecule has 0 saturated heterocycles. The predicted molar refractivity (Wildman–Crippen MR) is 99.5 cm³/mol. The van der Waals surface area contributed by atoms with E-state index in [1.54, 1.807) is 20.8 Å². The van der Waals surface area contributed by atoms with Crippen LogP contribution in [0.5, 0.6) is 0 Å². The second-order valence-electron chi connectivity index (χ2n) is 6.12. The Hall–Kier alpha value is -3.09. The molecule has 7 heteroatoms. The fourth-order valence-electron chi connectivity index (χ4n) is 2.78. The molecule has 0 bridgehead atoms. The number of esters is 2. The van der Waals surface area contributed by atoms with Crippen molar-refractivity contribution in [3.63, 3.8) is 0 Å². The smallest absolute Gasteiger partial charge is 0.355 e. The van der Waals surface area contributed by atoms with Gasteiger partial charge in [0.05, 0.1) is 18.2 Å². The SMILES string of the molecule is CCOC(=O)c1[nH]c(C)c(C(=O)OCC(=O)N[C@@H](C)c2ccccc2)c1C. The summed E-state index contributed by atoms with van der Waals surface area (Å²) < 4.78 is 10.1. The molecule has 27 heavy (non-hydrogen) atoms. The van der Waals surface area contributed by atoms with Gasteiger partial charge >= 0.3 is 11.9 Å². The van der Waals surface area contributed by atoms with Gasteiger partial charge in [-0.15, -0.1) is 0 Å². The highest BCUT2D eigenvalue weighted by atomic mass is 16.5. The molecule has 1 heterocycles. The molecule has 2 N–H and O–H groups in total.